The number of carboxylic acid groups (broad SMARTS) is 2. The number of carbonyl (C=O) groups is 6. The van der Waals surface area contributed by atoms with Gasteiger partial charge in [-0.25, -0.2) is 19.2 Å². The first-order valence-electron chi connectivity index (χ1n) is 12.2. The summed E-state index contributed by atoms with van der Waals surface area (Å²) >= 11 is 0. The third kappa shape index (κ3) is 5.03. The second kappa shape index (κ2) is 10.7. The van der Waals surface area contributed by atoms with E-state index in [0.29, 0.717) is 12.8 Å². The van der Waals surface area contributed by atoms with Crippen molar-refractivity contribution in [1.29, 1.82) is 0 Å². The van der Waals surface area contributed by atoms with Crippen LogP contribution < -0.4 is 22.1 Å². The smallest absolute Gasteiger partial charge is 0.325 e. The number of nitrogens with one attached hydrogen (secondary N) is 2. The van der Waals surface area contributed by atoms with Gasteiger partial charge < -0.3 is 32.3 Å². The molecule has 210 valence electrons. The highest BCUT2D eigenvalue weighted by Crippen LogP contribution is 2.40. The highest BCUT2D eigenvalue weighted by molar-refractivity contribution is 5.86. The Morgan fingerprint density at radius 3 is 1.29 bits per heavy atom. The molecular weight excluding hydrogens is 508 g/mol. The van der Waals surface area contributed by atoms with Crippen molar-refractivity contribution in [2.45, 2.75) is 50.1 Å². The molecule has 2 unspecified atom stereocenters. The van der Waals surface area contributed by atoms with E-state index < -0.39 is 60.5 Å². The van der Waals surface area contributed by atoms with Gasteiger partial charge in [0.05, 0.1) is 26.7 Å². The van der Waals surface area contributed by atoms with Gasteiger partial charge in [-0.1, -0.05) is 0 Å². The normalized spacial score (nSPS) is 24.3. The van der Waals surface area contributed by atoms with Gasteiger partial charge in [0, 0.05) is 13.1 Å². The Balaban J connectivity index is 1.47. The molecular formula is C20H32N10O8. The summed E-state index contributed by atoms with van der Waals surface area (Å²) in [6, 6.07) is -4.34. The van der Waals surface area contributed by atoms with Crippen molar-refractivity contribution in [3.05, 3.63) is 0 Å². The van der Waals surface area contributed by atoms with Crippen molar-refractivity contribution < 1.29 is 39.0 Å². The van der Waals surface area contributed by atoms with Crippen molar-refractivity contribution in [3.8, 4) is 0 Å². The lowest BCUT2D eigenvalue weighted by atomic mass is 10.1. The van der Waals surface area contributed by atoms with Crippen LogP contribution in [0.4, 0.5) is 19.2 Å². The van der Waals surface area contributed by atoms with Gasteiger partial charge in [0.2, 0.25) is 0 Å². The second-order valence-corrected chi connectivity index (χ2v) is 9.59. The number of nitrogens with two attached hydrogens (primary N) is 2. The Hall–Kier alpha value is -4.06. The van der Waals surface area contributed by atoms with E-state index in [4.69, 9.17) is 11.5 Å². The molecule has 4 aliphatic rings. The van der Waals surface area contributed by atoms with Gasteiger partial charge in [-0.2, -0.15) is 0 Å². The summed E-state index contributed by atoms with van der Waals surface area (Å²) in [7, 11) is 0. The Bertz CT molecular complexity index is 902. The topological polar surface area (TPSA) is 238 Å². The van der Waals surface area contributed by atoms with Crippen LogP contribution in [-0.2, 0) is 9.59 Å². The molecule has 0 spiro atoms. The van der Waals surface area contributed by atoms with E-state index in [1.807, 2.05) is 0 Å². The van der Waals surface area contributed by atoms with Gasteiger partial charge >= 0.3 is 36.1 Å². The van der Waals surface area contributed by atoms with E-state index in [9.17, 15) is 39.0 Å². The van der Waals surface area contributed by atoms with Gasteiger partial charge in [-0.15, -0.1) is 0 Å². The number of hydrogen-bond acceptors (Lipinski definition) is 8. The predicted molar refractivity (Wildman–Crippen MR) is 125 cm³/mol. The molecule has 4 fully saturated rings. The Labute approximate surface area is 217 Å². The number of hydrogen-bond donors (Lipinski definition) is 6. The maximum Gasteiger partial charge on any atom is 0.325 e. The highest BCUT2D eigenvalue weighted by Gasteiger charge is 2.64. The van der Waals surface area contributed by atoms with Crippen molar-refractivity contribution in [2.75, 3.05) is 39.8 Å². The number of urea groups is 4. The lowest BCUT2D eigenvalue weighted by molar-refractivity contribution is -0.149. The number of nitrogens with zero attached hydrogens (tertiary/aromatic N) is 6. The summed E-state index contributed by atoms with van der Waals surface area (Å²) in [6.07, 6.45) is -0.295. The van der Waals surface area contributed by atoms with E-state index >= 15 is 0 Å². The maximum atomic E-state index is 13.4. The SMILES string of the molecule is NC(=O)NCCCC(C(=O)O)N1CN2C(=O)N3CN(C(CCCNC(N)=O)C(=O)O)CN4C(=O)N(C1)C2C34. The monoisotopic (exact) mass is 540 g/mol. The lowest BCUT2D eigenvalue weighted by Gasteiger charge is -2.44. The minimum absolute atomic E-state index is 0.0323. The number of carbonyl (C=O) groups excluding carboxylic acids is 4. The number of aliphatic carboxylic acids is 2. The van der Waals surface area contributed by atoms with Crippen LogP contribution in [-0.4, -0.2) is 140 Å². The Morgan fingerprint density at radius 2 is 1.03 bits per heavy atom. The van der Waals surface area contributed by atoms with Gasteiger partial charge in [0.1, 0.15) is 12.1 Å². The van der Waals surface area contributed by atoms with Gasteiger partial charge in [-0.3, -0.25) is 39.0 Å². The molecule has 0 saturated carbocycles. The zero-order valence-electron chi connectivity index (χ0n) is 20.6. The minimum Gasteiger partial charge on any atom is -0.480 e. The van der Waals surface area contributed by atoms with E-state index in [2.05, 4.69) is 10.6 Å². The van der Waals surface area contributed by atoms with E-state index in [0.717, 1.165) is 0 Å². The van der Waals surface area contributed by atoms with Crippen LogP contribution in [0.1, 0.15) is 25.7 Å². The number of rotatable bonds is 12. The van der Waals surface area contributed by atoms with Crippen LogP contribution in [0, 0.1) is 0 Å². The standard InChI is InChI=1S/C20H32N10O8/c21-17(35)23-5-1-3-11(15(31)32)25-7-27-13-14-29(19(27)37)9-26(10-30(14)20(38)28(13)8-25)12(16(33)34)4-2-6-24-18(22)36/h11-14H,1-10H2,(H,31,32)(H,33,34)(H3,21,23,35)(H3,22,24,36). The zero-order chi connectivity index (χ0) is 27.7. The predicted octanol–water partition coefficient (Wildman–Crippen LogP) is -2.62. The van der Waals surface area contributed by atoms with Gasteiger partial charge in [0.15, 0.2) is 12.3 Å². The summed E-state index contributed by atoms with van der Waals surface area (Å²) < 4.78 is 0. The maximum absolute atomic E-state index is 13.4. The minimum atomic E-state index is -1.13. The molecule has 0 radical (unpaired) electrons. The van der Waals surface area contributed by atoms with Crippen LogP contribution in [0.5, 0.6) is 0 Å². The number of amides is 8. The molecule has 0 bridgehead atoms. The van der Waals surface area contributed by atoms with Crippen LogP contribution in [0.25, 0.3) is 0 Å². The summed E-state index contributed by atoms with van der Waals surface area (Å²) in [4.78, 5) is 81.4. The largest absolute Gasteiger partial charge is 0.480 e. The van der Waals surface area contributed by atoms with Crippen LogP contribution in [0.15, 0.2) is 0 Å². The first kappa shape index (κ1) is 27.0. The molecule has 8 amide bonds. The van der Waals surface area contributed by atoms with Crippen LogP contribution >= 0.6 is 0 Å². The molecule has 4 heterocycles. The summed E-state index contributed by atoms with van der Waals surface area (Å²) in [6.45, 7) is 0.239. The fourth-order valence-corrected chi connectivity index (χ4v) is 5.54. The van der Waals surface area contributed by atoms with E-state index in [1.54, 1.807) is 0 Å². The van der Waals surface area contributed by atoms with Crippen molar-refractivity contribution in [3.63, 3.8) is 0 Å². The van der Waals surface area contributed by atoms with E-state index in [-0.39, 0.29) is 52.6 Å². The van der Waals surface area contributed by atoms with Crippen molar-refractivity contribution >= 4 is 36.1 Å². The fourth-order valence-electron chi connectivity index (χ4n) is 5.54. The third-order valence-corrected chi connectivity index (χ3v) is 7.22. The molecule has 0 aromatic heterocycles. The van der Waals surface area contributed by atoms with Crippen molar-refractivity contribution in [2.24, 2.45) is 11.5 Å². The number of carboxylic acids is 2. The average molecular weight is 541 g/mol. The zero-order valence-corrected chi connectivity index (χ0v) is 20.6. The van der Waals surface area contributed by atoms with E-state index in [1.165, 1.54) is 29.4 Å². The molecule has 18 heteroatoms. The molecule has 8 N–H and O–H groups in total. The molecule has 2 atom stereocenters. The van der Waals surface area contributed by atoms with Crippen molar-refractivity contribution in [1.82, 2.24) is 40.0 Å². The molecule has 0 aromatic rings. The highest BCUT2D eigenvalue weighted by atomic mass is 16.4. The molecule has 0 aliphatic carbocycles. The van der Waals surface area contributed by atoms with Gasteiger partial charge in [-0.05, 0) is 25.7 Å². The van der Waals surface area contributed by atoms with Crippen LogP contribution in [0.3, 0.4) is 0 Å². The summed E-state index contributed by atoms with van der Waals surface area (Å²) in [5.74, 6) is -2.25. The second-order valence-electron chi connectivity index (χ2n) is 9.59. The molecule has 0 aromatic carbocycles. The molecule has 4 saturated heterocycles. The third-order valence-electron chi connectivity index (χ3n) is 7.22. The summed E-state index contributed by atoms with van der Waals surface area (Å²) in [5.41, 5.74) is 10.1. The van der Waals surface area contributed by atoms with Gasteiger partial charge in [0.25, 0.3) is 0 Å². The molecule has 18 nitrogen and oxygen atoms in total. The molecule has 4 aliphatic heterocycles. The quantitative estimate of drug-likeness (QED) is 0.141. The van der Waals surface area contributed by atoms with Crippen LogP contribution in [0.2, 0.25) is 0 Å². The average Bonchev–Trinajstić information content (AvgIpc) is 3.29. The molecule has 38 heavy (non-hydrogen) atoms. The first-order chi connectivity index (χ1) is 18.0. The Kier molecular flexibility index (Phi) is 7.63. The number of primary amides is 2. The fraction of sp³-hybridized carbons (Fsp3) is 0.700. The molecule has 4 rings (SSSR count). The summed E-state index contributed by atoms with van der Waals surface area (Å²) in [5, 5.41) is 24.5. The first-order valence-corrected chi connectivity index (χ1v) is 12.2. The Morgan fingerprint density at radius 1 is 0.711 bits per heavy atom. The lowest BCUT2D eigenvalue weighted by Crippen LogP contribution is -2.64.